The number of halogens is 1. The molecule has 2 aromatic rings. The lowest BCUT2D eigenvalue weighted by Crippen LogP contribution is -2.10. The van der Waals surface area contributed by atoms with E-state index < -0.39 is 6.09 Å². The van der Waals surface area contributed by atoms with Gasteiger partial charge >= 0.3 is 6.09 Å². The van der Waals surface area contributed by atoms with E-state index in [2.05, 4.69) is 15.3 Å². The van der Waals surface area contributed by atoms with Crippen molar-refractivity contribution in [3.8, 4) is 5.75 Å². The number of nitrogens with one attached hydrogen (secondary N) is 1. The number of ether oxygens (including phenoxy) is 1. The van der Waals surface area contributed by atoms with Gasteiger partial charge in [-0.1, -0.05) is 24.2 Å². The highest BCUT2D eigenvalue weighted by Crippen LogP contribution is 2.16. The maximum Gasteiger partial charge on any atom is 0.437 e. The molecule has 0 aliphatic heterocycles. The van der Waals surface area contributed by atoms with E-state index in [0.717, 1.165) is 12.2 Å². The smallest absolute Gasteiger partial charge is 0.437 e. The molecule has 0 unspecified atom stereocenters. The summed E-state index contributed by atoms with van der Waals surface area (Å²) < 4.78 is 18.2. The third-order valence-electron chi connectivity index (χ3n) is 2.78. The molecule has 0 heterocycles. The molecule has 23 heavy (non-hydrogen) atoms. The first kappa shape index (κ1) is 16.5. The summed E-state index contributed by atoms with van der Waals surface area (Å²) in [6.45, 7) is 2.67. The Labute approximate surface area is 133 Å². The van der Waals surface area contributed by atoms with Gasteiger partial charge in [-0.05, 0) is 48.4 Å². The number of rotatable bonds is 6. The fourth-order valence-electron chi connectivity index (χ4n) is 1.68. The van der Waals surface area contributed by atoms with Crippen LogP contribution in [0.15, 0.2) is 53.7 Å². The SMILES string of the molecule is CCCOc1ccc(NC(=O)O/N=C/c2ccc(F)cc2)cc1. The van der Waals surface area contributed by atoms with Crippen LogP contribution in [0.3, 0.4) is 0 Å². The second-order valence-electron chi connectivity index (χ2n) is 4.66. The van der Waals surface area contributed by atoms with Gasteiger partial charge in [0.1, 0.15) is 11.6 Å². The van der Waals surface area contributed by atoms with E-state index in [-0.39, 0.29) is 5.82 Å². The van der Waals surface area contributed by atoms with Gasteiger partial charge in [0.15, 0.2) is 0 Å². The molecule has 0 aromatic heterocycles. The lowest BCUT2D eigenvalue weighted by molar-refractivity contribution is 0.167. The lowest BCUT2D eigenvalue weighted by Gasteiger charge is -2.06. The van der Waals surface area contributed by atoms with Gasteiger partial charge in [-0.15, -0.1) is 0 Å². The zero-order valence-electron chi connectivity index (χ0n) is 12.7. The van der Waals surface area contributed by atoms with Crippen LogP contribution in [0.5, 0.6) is 5.75 Å². The third-order valence-corrected chi connectivity index (χ3v) is 2.78. The number of benzene rings is 2. The van der Waals surface area contributed by atoms with E-state index in [4.69, 9.17) is 4.74 Å². The fraction of sp³-hybridized carbons (Fsp3) is 0.176. The van der Waals surface area contributed by atoms with Crippen molar-refractivity contribution in [3.05, 3.63) is 59.9 Å². The summed E-state index contributed by atoms with van der Waals surface area (Å²) in [6.07, 6.45) is 1.53. The van der Waals surface area contributed by atoms with Gasteiger partial charge in [0, 0.05) is 5.69 Å². The average Bonchev–Trinajstić information content (AvgIpc) is 2.56. The molecular formula is C17H17FN2O3. The van der Waals surface area contributed by atoms with Gasteiger partial charge in [0.25, 0.3) is 0 Å². The molecule has 0 atom stereocenters. The van der Waals surface area contributed by atoms with E-state index >= 15 is 0 Å². The normalized spacial score (nSPS) is 10.5. The first-order valence-corrected chi connectivity index (χ1v) is 7.17. The van der Waals surface area contributed by atoms with Crippen molar-refractivity contribution in [1.29, 1.82) is 0 Å². The molecule has 0 fully saturated rings. The molecule has 0 radical (unpaired) electrons. The van der Waals surface area contributed by atoms with Gasteiger partial charge in [0.05, 0.1) is 12.8 Å². The molecule has 6 heteroatoms. The Balaban J connectivity index is 1.81. The number of hydrogen-bond acceptors (Lipinski definition) is 4. The zero-order chi connectivity index (χ0) is 16.5. The Hall–Kier alpha value is -2.89. The third kappa shape index (κ3) is 5.78. The number of nitrogens with zero attached hydrogens (tertiary/aromatic N) is 1. The Morgan fingerprint density at radius 1 is 1.17 bits per heavy atom. The lowest BCUT2D eigenvalue weighted by atomic mass is 10.2. The molecule has 0 saturated heterocycles. The van der Waals surface area contributed by atoms with Crippen LogP contribution in [0, 0.1) is 5.82 Å². The highest BCUT2D eigenvalue weighted by Gasteiger charge is 2.03. The second kappa shape index (κ2) is 8.53. The first-order chi connectivity index (χ1) is 11.2. The number of carbonyl (C=O) groups excluding carboxylic acids is 1. The van der Waals surface area contributed by atoms with Crippen molar-refractivity contribution in [3.63, 3.8) is 0 Å². The summed E-state index contributed by atoms with van der Waals surface area (Å²) in [5.41, 5.74) is 1.19. The van der Waals surface area contributed by atoms with Crippen LogP contribution in [0.4, 0.5) is 14.9 Å². The van der Waals surface area contributed by atoms with Crippen LogP contribution in [0.1, 0.15) is 18.9 Å². The van der Waals surface area contributed by atoms with Crippen molar-refractivity contribution in [2.24, 2.45) is 5.16 Å². The highest BCUT2D eigenvalue weighted by atomic mass is 19.1. The largest absolute Gasteiger partial charge is 0.494 e. The summed E-state index contributed by atoms with van der Waals surface area (Å²) in [4.78, 5) is 16.2. The van der Waals surface area contributed by atoms with E-state index in [9.17, 15) is 9.18 Å². The molecule has 1 amide bonds. The topological polar surface area (TPSA) is 59.9 Å². The zero-order valence-corrected chi connectivity index (χ0v) is 12.7. The maximum absolute atomic E-state index is 12.7. The summed E-state index contributed by atoms with van der Waals surface area (Å²) in [6, 6.07) is 12.6. The van der Waals surface area contributed by atoms with Crippen LogP contribution < -0.4 is 10.1 Å². The molecule has 0 saturated carbocycles. The predicted octanol–water partition coefficient (Wildman–Crippen LogP) is 4.20. The van der Waals surface area contributed by atoms with Gasteiger partial charge in [-0.3, -0.25) is 10.2 Å². The number of carbonyl (C=O) groups is 1. The van der Waals surface area contributed by atoms with Crippen molar-refractivity contribution in [2.45, 2.75) is 13.3 Å². The Bertz CT molecular complexity index is 655. The van der Waals surface area contributed by atoms with Crippen LogP contribution >= 0.6 is 0 Å². The minimum absolute atomic E-state index is 0.341. The molecular weight excluding hydrogens is 299 g/mol. The molecule has 2 aromatic carbocycles. The molecule has 0 spiro atoms. The maximum atomic E-state index is 12.7. The van der Waals surface area contributed by atoms with Crippen LogP contribution in [-0.2, 0) is 4.84 Å². The standard InChI is InChI=1S/C17H17FN2O3/c1-2-11-22-16-9-7-15(8-10-16)20-17(21)23-19-12-13-3-5-14(18)6-4-13/h3-10,12H,2,11H2,1H3,(H,20,21)/b19-12+. The number of amides is 1. The van der Waals surface area contributed by atoms with Crippen molar-refractivity contribution in [2.75, 3.05) is 11.9 Å². The van der Waals surface area contributed by atoms with Crippen LogP contribution in [-0.4, -0.2) is 18.9 Å². The van der Waals surface area contributed by atoms with Gasteiger partial charge in [0.2, 0.25) is 0 Å². The summed E-state index contributed by atoms with van der Waals surface area (Å²) in [5.74, 6) is 0.396. The molecule has 0 aliphatic carbocycles. The minimum atomic E-state index is -0.717. The fourth-order valence-corrected chi connectivity index (χ4v) is 1.68. The van der Waals surface area contributed by atoms with Gasteiger partial charge in [-0.25, -0.2) is 9.18 Å². The van der Waals surface area contributed by atoms with Crippen molar-refractivity contribution in [1.82, 2.24) is 0 Å². The predicted molar refractivity (Wildman–Crippen MR) is 86.3 cm³/mol. The quantitative estimate of drug-likeness (QED) is 0.493. The summed E-state index contributed by atoms with van der Waals surface area (Å²) >= 11 is 0. The summed E-state index contributed by atoms with van der Waals surface area (Å²) in [5, 5.41) is 6.07. The molecule has 0 aliphatic rings. The van der Waals surface area contributed by atoms with Gasteiger partial charge < -0.3 is 4.74 Å². The van der Waals surface area contributed by atoms with Crippen molar-refractivity contribution >= 4 is 18.0 Å². The first-order valence-electron chi connectivity index (χ1n) is 7.17. The summed E-state index contributed by atoms with van der Waals surface area (Å²) in [7, 11) is 0. The average molecular weight is 316 g/mol. The Morgan fingerprint density at radius 2 is 1.87 bits per heavy atom. The molecule has 2 rings (SSSR count). The van der Waals surface area contributed by atoms with E-state index in [1.165, 1.54) is 30.5 Å². The molecule has 5 nitrogen and oxygen atoms in total. The molecule has 0 bridgehead atoms. The monoisotopic (exact) mass is 316 g/mol. The van der Waals surface area contributed by atoms with Gasteiger partial charge in [-0.2, -0.15) is 0 Å². The van der Waals surface area contributed by atoms with E-state index in [1.807, 2.05) is 6.92 Å². The number of oxime groups is 1. The molecule has 120 valence electrons. The number of hydrogen-bond donors (Lipinski definition) is 1. The van der Waals surface area contributed by atoms with Crippen LogP contribution in [0.25, 0.3) is 0 Å². The van der Waals surface area contributed by atoms with E-state index in [0.29, 0.717) is 17.9 Å². The minimum Gasteiger partial charge on any atom is -0.494 e. The van der Waals surface area contributed by atoms with E-state index in [1.54, 1.807) is 24.3 Å². The number of anilines is 1. The van der Waals surface area contributed by atoms with Crippen LogP contribution in [0.2, 0.25) is 0 Å². The Morgan fingerprint density at radius 3 is 2.52 bits per heavy atom. The van der Waals surface area contributed by atoms with Crippen molar-refractivity contribution < 1.29 is 18.8 Å². The molecule has 1 N–H and O–H groups in total. The Kier molecular flexibility index (Phi) is 6.11. The highest BCUT2D eigenvalue weighted by molar-refractivity contribution is 5.85. The second-order valence-corrected chi connectivity index (χ2v) is 4.66.